The lowest BCUT2D eigenvalue weighted by Gasteiger charge is -2.12. The molecular weight excluding hydrogens is 336 g/mol. The van der Waals surface area contributed by atoms with E-state index < -0.39 is 0 Å². The first-order chi connectivity index (χ1) is 12.0. The number of ether oxygens (including phenoxy) is 1. The fraction of sp³-hybridized carbons (Fsp3) is 0.286. The van der Waals surface area contributed by atoms with Gasteiger partial charge in [0.1, 0.15) is 17.9 Å². The topological polar surface area (TPSA) is 39.4 Å². The zero-order valence-electron chi connectivity index (χ0n) is 14.3. The number of rotatable bonds is 3. The van der Waals surface area contributed by atoms with E-state index in [-0.39, 0.29) is 5.63 Å². The molecule has 0 spiro atoms. The van der Waals surface area contributed by atoms with Gasteiger partial charge in [-0.3, -0.25) is 0 Å². The van der Waals surface area contributed by atoms with Gasteiger partial charge >= 0.3 is 5.63 Å². The highest BCUT2D eigenvalue weighted by molar-refractivity contribution is 6.32. The molecule has 0 aliphatic heterocycles. The Bertz CT molecular complexity index is 1030. The molecule has 0 bridgehead atoms. The maximum Gasteiger partial charge on any atom is 0.339 e. The van der Waals surface area contributed by atoms with Crippen molar-refractivity contribution in [3.63, 3.8) is 0 Å². The van der Waals surface area contributed by atoms with E-state index in [4.69, 9.17) is 20.8 Å². The summed E-state index contributed by atoms with van der Waals surface area (Å²) in [6.07, 6.45) is 2.67. The molecule has 1 heterocycles. The molecule has 0 saturated carbocycles. The van der Waals surface area contributed by atoms with Gasteiger partial charge in [-0.2, -0.15) is 0 Å². The molecule has 0 N–H and O–H groups in total. The molecule has 0 unspecified atom stereocenters. The van der Waals surface area contributed by atoms with E-state index in [1.807, 2.05) is 6.07 Å². The van der Waals surface area contributed by atoms with Gasteiger partial charge in [-0.15, -0.1) is 0 Å². The SMILES string of the molecule is Cc1ccc(C)c(COc2cc3oc(=O)c4c(c3cc2Cl)CCC4)c1. The van der Waals surface area contributed by atoms with Gasteiger partial charge < -0.3 is 9.15 Å². The summed E-state index contributed by atoms with van der Waals surface area (Å²) in [5.74, 6) is 0.538. The van der Waals surface area contributed by atoms with Crippen LogP contribution in [0.2, 0.25) is 5.02 Å². The second-order valence-electron chi connectivity index (χ2n) is 6.70. The minimum atomic E-state index is -0.234. The van der Waals surface area contributed by atoms with E-state index in [1.54, 1.807) is 6.07 Å². The number of halogens is 1. The molecule has 0 radical (unpaired) electrons. The zero-order valence-corrected chi connectivity index (χ0v) is 15.1. The fourth-order valence-corrected chi connectivity index (χ4v) is 3.72. The maximum absolute atomic E-state index is 12.1. The lowest BCUT2D eigenvalue weighted by molar-refractivity contribution is 0.305. The van der Waals surface area contributed by atoms with Crippen molar-refractivity contribution in [2.75, 3.05) is 0 Å². The lowest BCUT2D eigenvalue weighted by atomic mass is 10.1. The van der Waals surface area contributed by atoms with E-state index >= 15 is 0 Å². The average molecular weight is 355 g/mol. The Balaban J connectivity index is 1.71. The number of fused-ring (bicyclic) bond motifs is 3. The summed E-state index contributed by atoms with van der Waals surface area (Å²) in [7, 11) is 0. The molecule has 3 nitrogen and oxygen atoms in total. The van der Waals surface area contributed by atoms with Crippen LogP contribution in [0, 0.1) is 13.8 Å². The van der Waals surface area contributed by atoms with Crippen LogP contribution >= 0.6 is 11.6 Å². The van der Waals surface area contributed by atoms with E-state index in [0.29, 0.717) is 23.0 Å². The molecule has 0 saturated heterocycles. The Morgan fingerprint density at radius 2 is 1.92 bits per heavy atom. The van der Waals surface area contributed by atoms with Crippen molar-refractivity contribution in [1.82, 2.24) is 0 Å². The molecular formula is C21H19ClO3. The summed E-state index contributed by atoms with van der Waals surface area (Å²) < 4.78 is 11.4. The van der Waals surface area contributed by atoms with Gasteiger partial charge in [0.2, 0.25) is 0 Å². The largest absolute Gasteiger partial charge is 0.487 e. The summed E-state index contributed by atoms with van der Waals surface area (Å²) in [5, 5.41) is 1.47. The van der Waals surface area contributed by atoms with Crippen molar-refractivity contribution in [1.29, 1.82) is 0 Å². The molecule has 0 atom stereocenters. The van der Waals surface area contributed by atoms with Crippen LogP contribution in [0.5, 0.6) is 5.75 Å². The molecule has 4 rings (SSSR count). The van der Waals surface area contributed by atoms with Gasteiger partial charge in [0.05, 0.1) is 5.02 Å². The molecule has 1 aromatic heterocycles. The second-order valence-corrected chi connectivity index (χ2v) is 7.10. The molecule has 3 aromatic rings. The smallest absolute Gasteiger partial charge is 0.339 e. The number of benzene rings is 2. The zero-order chi connectivity index (χ0) is 17.6. The van der Waals surface area contributed by atoms with E-state index in [2.05, 4.69) is 32.0 Å². The Morgan fingerprint density at radius 1 is 1.12 bits per heavy atom. The Hall–Kier alpha value is -2.26. The highest BCUT2D eigenvalue weighted by atomic mass is 35.5. The van der Waals surface area contributed by atoms with Crippen LogP contribution in [-0.2, 0) is 19.4 Å². The second kappa shape index (κ2) is 6.23. The first-order valence-electron chi connectivity index (χ1n) is 8.50. The average Bonchev–Trinajstić information content (AvgIpc) is 3.07. The van der Waals surface area contributed by atoms with E-state index in [0.717, 1.165) is 41.3 Å². The number of hydrogen-bond acceptors (Lipinski definition) is 3. The fourth-order valence-electron chi connectivity index (χ4n) is 3.50. The Kier molecular flexibility index (Phi) is 4.04. The van der Waals surface area contributed by atoms with Crippen molar-refractivity contribution in [3.8, 4) is 5.75 Å². The molecule has 128 valence electrons. The van der Waals surface area contributed by atoms with Gasteiger partial charge in [0.15, 0.2) is 0 Å². The standard InChI is InChI=1S/C21H19ClO3/c1-12-6-7-13(2)14(8-12)11-24-20-10-19-17(9-18(20)22)15-4-3-5-16(15)21(23)25-19/h6-10H,3-5,11H2,1-2H3. The highest BCUT2D eigenvalue weighted by Gasteiger charge is 2.21. The third-order valence-corrected chi connectivity index (χ3v) is 5.21. The van der Waals surface area contributed by atoms with Crippen LogP contribution in [0.25, 0.3) is 11.0 Å². The maximum atomic E-state index is 12.1. The third-order valence-electron chi connectivity index (χ3n) is 4.91. The normalized spacial score (nSPS) is 13.2. The number of aryl methyl sites for hydroxylation is 3. The van der Waals surface area contributed by atoms with Crippen LogP contribution in [0.3, 0.4) is 0 Å². The summed E-state index contributed by atoms with van der Waals surface area (Å²) in [4.78, 5) is 12.1. The molecule has 0 fully saturated rings. The minimum Gasteiger partial charge on any atom is -0.487 e. The molecule has 25 heavy (non-hydrogen) atoms. The summed E-state index contributed by atoms with van der Waals surface area (Å²) in [5.41, 5.74) is 5.67. The molecule has 1 aliphatic rings. The molecule has 2 aromatic carbocycles. The Morgan fingerprint density at radius 3 is 2.76 bits per heavy atom. The Labute approximate surface area is 151 Å². The van der Waals surface area contributed by atoms with Crippen LogP contribution in [-0.4, -0.2) is 0 Å². The van der Waals surface area contributed by atoms with E-state index in [1.165, 1.54) is 11.1 Å². The summed E-state index contributed by atoms with van der Waals surface area (Å²) >= 11 is 6.44. The van der Waals surface area contributed by atoms with Crippen molar-refractivity contribution in [2.24, 2.45) is 0 Å². The van der Waals surface area contributed by atoms with Crippen LogP contribution in [0.4, 0.5) is 0 Å². The number of hydrogen-bond donors (Lipinski definition) is 0. The van der Waals surface area contributed by atoms with Crippen molar-refractivity contribution >= 4 is 22.6 Å². The summed E-state index contributed by atoms with van der Waals surface area (Å²) in [6, 6.07) is 9.87. The third kappa shape index (κ3) is 2.93. The van der Waals surface area contributed by atoms with Crippen molar-refractivity contribution < 1.29 is 9.15 Å². The van der Waals surface area contributed by atoms with Gasteiger partial charge in [-0.1, -0.05) is 35.4 Å². The van der Waals surface area contributed by atoms with Crippen LogP contribution in [0.1, 0.15) is 34.2 Å². The van der Waals surface area contributed by atoms with E-state index in [9.17, 15) is 4.79 Å². The van der Waals surface area contributed by atoms with Crippen LogP contribution in [0.15, 0.2) is 39.5 Å². The van der Waals surface area contributed by atoms with Crippen molar-refractivity contribution in [2.45, 2.75) is 39.7 Å². The highest BCUT2D eigenvalue weighted by Crippen LogP contribution is 2.35. The lowest BCUT2D eigenvalue weighted by Crippen LogP contribution is -2.07. The minimum absolute atomic E-state index is 0.234. The van der Waals surface area contributed by atoms with Gasteiger partial charge in [0.25, 0.3) is 0 Å². The molecule has 0 amide bonds. The predicted molar refractivity (Wildman–Crippen MR) is 99.8 cm³/mol. The first kappa shape index (κ1) is 16.2. The quantitative estimate of drug-likeness (QED) is 0.612. The van der Waals surface area contributed by atoms with Gasteiger partial charge in [0, 0.05) is 17.0 Å². The summed E-state index contributed by atoms with van der Waals surface area (Å²) in [6.45, 7) is 4.54. The van der Waals surface area contributed by atoms with Crippen LogP contribution < -0.4 is 10.4 Å². The van der Waals surface area contributed by atoms with Gasteiger partial charge in [-0.25, -0.2) is 4.79 Å². The molecule has 4 heteroatoms. The molecule has 1 aliphatic carbocycles. The van der Waals surface area contributed by atoms with Crippen molar-refractivity contribution in [3.05, 3.63) is 73.6 Å². The predicted octanol–water partition coefficient (Wildman–Crippen LogP) is 5.13. The first-order valence-corrected chi connectivity index (χ1v) is 8.88. The monoisotopic (exact) mass is 354 g/mol. The van der Waals surface area contributed by atoms with Gasteiger partial charge in [-0.05, 0) is 55.9 Å².